The van der Waals surface area contributed by atoms with Crippen LogP contribution in [-0.4, -0.2) is 0 Å². The molecule has 2 rings (SSSR count). The standard InChI is InChI=1S/C14H7F4NO/c15-11-3-6-13(9(7-11)8-19)20-12-4-1-10(2-5-12)14(16,17)18/h1-7H. The van der Waals surface area contributed by atoms with Crippen molar-refractivity contribution < 1.29 is 22.3 Å². The van der Waals surface area contributed by atoms with E-state index in [-0.39, 0.29) is 17.1 Å². The van der Waals surface area contributed by atoms with E-state index < -0.39 is 17.6 Å². The second kappa shape index (κ2) is 5.21. The van der Waals surface area contributed by atoms with Gasteiger partial charge in [0.25, 0.3) is 0 Å². The predicted molar refractivity (Wildman–Crippen MR) is 62.6 cm³/mol. The Morgan fingerprint density at radius 1 is 1.00 bits per heavy atom. The van der Waals surface area contributed by atoms with Gasteiger partial charge in [-0.05, 0) is 42.5 Å². The molecule has 0 aromatic heterocycles. The minimum atomic E-state index is -4.42. The van der Waals surface area contributed by atoms with Crippen LogP contribution in [0.5, 0.6) is 11.5 Å². The fourth-order valence-corrected chi connectivity index (χ4v) is 1.52. The van der Waals surface area contributed by atoms with Crippen molar-refractivity contribution >= 4 is 0 Å². The Morgan fingerprint density at radius 3 is 2.20 bits per heavy atom. The van der Waals surface area contributed by atoms with Crippen molar-refractivity contribution in [1.29, 1.82) is 5.26 Å². The molecule has 0 N–H and O–H groups in total. The lowest BCUT2D eigenvalue weighted by atomic mass is 10.2. The van der Waals surface area contributed by atoms with Crippen LogP contribution < -0.4 is 4.74 Å². The highest BCUT2D eigenvalue weighted by Gasteiger charge is 2.30. The van der Waals surface area contributed by atoms with E-state index in [1.54, 1.807) is 6.07 Å². The molecule has 0 fully saturated rings. The summed E-state index contributed by atoms with van der Waals surface area (Å²) in [4.78, 5) is 0. The van der Waals surface area contributed by atoms with E-state index in [1.165, 1.54) is 6.07 Å². The second-order valence-corrected chi connectivity index (χ2v) is 3.88. The molecule has 0 amide bonds. The van der Waals surface area contributed by atoms with E-state index in [1.807, 2.05) is 0 Å². The number of hydrogen-bond acceptors (Lipinski definition) is 2. The number of benzene rings is 2. The van der Waals surface area contributed by atoms with Crippen LogP contribution in [0.15, 0.2) is 42.5 Å². The van der Waals surface area contributed by atoms with Crippen molar-refractivity contribution in [2.24, 2.45) is 0 Å². The molecule has 2 aromatic rings. The Morgan fingerprint density at radius 2 is 1.65 bits per heavy atom. The summed E-state index contributed by atoms with van der Waals surface area (Å²) in [5, 5.41) is 8.83. The highest BCUT2D eigenvalue weighted by Crippen LogP contribution is 2.32. The molecule has 0 bridgehead atoms. The summed E-state index contributed by atoms with van der Waals surface area (Å²) in [6.07, 6.45) is -4.42. The van der Waals surface area contributed by atoms with Gasteiger partial charge in [-0.2, -0.15) is 18.4 Å². The van der Waals surface area contributed by atoms with E-state index in [9.17, 15) is 17.6 Å². The monoisotopic (exact) mass is 281 g/mol. The summed E-state index contributed by atoms with van der Waals surface area (Å²) >= 11 is 0. The molecule has 2 aromatic carbocycles. The van der Waals surface area contributed by atoms with Crippen LogP contribution >= 0.6 is 0 Å². The average Bonchev–Trinajstić information content (AvgIpc) is 2.40. The Labute approximate surface area is 111 Å². The minimum absolute atomic E-state index is 0.0371. The van der Waals surface area contributed by atoms with Crippen molar-refractivity contribution in [1.82, 2.24) is 0 Å². The minimum Gasteiger partial charge on any atom is -0.456 e. The smallest absolute Gasteiger partial charge is 0.416 e. The number of hydrogen-bond donors (Lipinski definition) is 0. The normalized spacial score (nSPS) is 10.9. The highest BCUT2D eigenvalue weighted by molar-refractivity contribution is 5.45. The molecule has 0 unspecified atom stereocenters. The summed E-state index contributed by atoms with van der Waals surface area (Å²) in [7, 11) is 0. The van der Waals surface area contributed by atoms with E-state index in [0.717, 1.165) is 36.4 Å². The van der Waals surface area contributed by atoms with Gasteiger partial charge in [0.05, 0.1) is 11.1 Å². The van der Waals surface area contributed by atoms with Crippen molar-refractivity contribution in [3.63, 3.8) is 0 Å². The number of halogens is 4. The summed E-state index contributed by atoms with van der Waals surface area (Å²) in [5.74, 6) is -0.393. The lowest BCUT2D eigenvalue weighted by Gasteiger charge is -2.09. The zero-order valence-electron chi connectivity index (χ0n) is 9.91. The highest BCUT2D eigenvalue weighted by atomic mass is 19.4. The third kappa shape index (κ3) is 3.06. The van der Waals surface area contributed by atoms with Crippen molar-refractivity contribution in [3.05, 3.63) is 59.4 Å². The van der Waals surface area contributed by atoms with Crippen LogP contribution in [0.4, 0.5) is 17.6 Å². The van der Waals surface area contributed by atoms with Crippen LogP contribution in [-0.2, 0) is 6.18 Å². The summed E-state index contributed by atoms with van der Waals surface area (Å²) in [6.45, 7) is 0. The van der Waals surface area contributed by atoms with Crippen LogP contribution in [0.3, 0.4) is 0 Å². The molecule has 0 atom stereocenters. The lowest BCUT2D eigenvalue weighted by molar-refractivity contribution is -0.137. The van der Waals surface area contributed by atoms with E-state index in [4.69, 9.17) is 10.00 Å². The molecule has 102 valence electrons. The lowest BCUT2D eigenvalue weighted by Crippen LogP contribution is -2.04. The van der Waals surface area contributed by atoms with Crippen molar-refractivity contribution in [2.75, 3.05) is 0 Å². The Bertz CT molecular complexity index is 656. The number of alkyl halides is 3. The zero-order chi connectivity index (χ0) is 14.8. The molecule has 0 radical (unpaired) electrons. The van der Waals surface area contributed by atoms with Gasteiger partial charge in [-0.1, -0.05) is 0 Å². The SMILES string of the molecule is N#Cc1cc(F)ccc1Oc1ccc(C(F)(F)F)cc1. The van der Waals surface area contributed by atoms with E-state index in [0.29, 0.717) is 0 Å². The molecule has 20 heavy (non-hydrogen) atoms. The maximum atomic E-state index is 12.9. The van der Waals surface area contributed by atoms with Crippen LogP contribution in [0.2, 0.25) is 0 Å². The van der Waals surface area contributed by atoms with Gasteiger partial charge in [0.15, 0.2) is 0 Å². The van der Waals surface area contributed by atoms with E-state index in [2.05, 4.69) is 0 Å². The molecule has 6 heteroatoms. The Balaban J connectivity index is 2.25. The van der Waals surface area contributed by atoms with Gasteiger partial charge in [-0.25, -0.2) is 4.39 Å². The Hall–Kier alpha value is -2.55. The second-order valence-electron chi connectivity index (χ2n) is 3.88. The quantitative estimate of drug-likeness (QED) is 0.759. The predicted octanol–water partition coefficient (Wildman–Crippen LogP) is 4.51. The number of ether oxygens (including phenoxy) is 1. The summed E-state index contributed by atoms with van der Waals surface area (Å²) in [6, 6.07) is 9.07. The average molecular weight is 281 g/mol. The molecule has 0 saturated heterocycles. The first-order valence-electron chi connectivity index (χ1n) is 5.45. The molecule has 0 aliphatic heterocycles. The van der Waals surface area contributed by atoms with Crippen LogP contribution in [0.25, 0.3) is 0 Å². The van der Waals surface area contributed by atoms with Crippen molar-refractivity contribution in [3.8, 4) is 17.6 Å². The molecular weight excluding hydrogens is 274 g/mol. The first-order chi connectivity index (χ1) is 9.40. The number of rotatable bonds is 2. The van der Waals surface area contributed by atoms with Gasteiger partial charge in [-0.3, -0.25) is 0 Å². The van der Waals surface area contributed by atoms with Gasteiger partial charge in [-0.15, -0.1) is 0 Å². The fourth-order valence-electron chi connectivity index (χ4n) is 1.52. The number of nitriles is 1. The van der Waals surface area contributed by atoms with Gasteiger partial charge in [0, 0.05) is 0 Å². The molecule has 0 saturated carbocycles. The third-order valence-corrected chi connectivity index (χ3v) is 2.47. The largest absolute Gasteiger partial charge is 0.456 e. The first kappa shape index (κ1) is 13.9. The molecule has 0 aliphatic rings. The van der Waals surface area contributed by atoms with Crippen molar-refractivity contribution in [2.45, 2.75) is 6.18 Å². The first-order valence-corrected chi connectivity index (χ1v) is 5.45. The third-order valence-electron chi connectivity index (χ3n) is 2.47. The van der Waals surface area contributed by atoms with Gasteiger partial charge in [0.1, 0.15) is 23.4 Å². The zero-order valence-corrected chi connectivity index (χ0v) is 9.91. The Kier molecular flexibility index (Phi) is 3.61. The van der Waals surface area contributed by atoms with Gasteiger partial charge < -0.3 is 4.74 Å². The molecule has 2 nitrogen and oxygen atoms in total. The fraction of sp³-hybridized carbons (Fsp3) is 0.0714. The molecular formula is C14H7F4NO. The van der Waals surface area contributed by atoms with E-state index >= 15 is 0 Å². The molecule has 0 spiro atoms. The summed E-state index contributed by atoms with van der Waals surface area (Å²) < 4.78 is 55.3. The van der Waals surface area contributed by atoms with Gasteiger partial charge >= 0.3 is 6.18 Å². The summed E-state index contributed by atoms with van der Waals surface area (Å²) in [5.41, 5.74) is -0.839. The molecule has 0 heterocycles. The van der Waals surface area contributed by atoms with Crippen LogP contribution in [0.1, 0.15) is 11.1 Å². The van der Waals surface area contributed by atoms with Crippen LogP contribution in [0, 0.1) is 17.1 Å². The van der Waals surface area contributed by atoms with Gasteiger partial charge in [0.2, 0.25) is 0 Å². The number of nitrogens with zero attached hydrogens (tertiary/aromatic N) is 1. The topological polar surface area (TPSA) is 33.0 Å². The maximum absolute atomic E-state index is 12.9. The maximum Gasteiger partial charge on any atom is 0.416 e. The molecule has 0 aliphatic carbocycles.